The Labute approximate surface area is 220 Å². The van der Waals surface area contributed by atoms with E-state index < -0.39 is 17.7 Å². The summed E-state index contributed by atoms with van der Waals surface area (Å²) in [6, 6.07) is 6.51. The third-order valence-electron chi connectivity index (χ3n) is 5.27. The molecule has 0 bridgehead atoms. The number of methoxy groups -OCH3 is 1. The minimum Gasteiger partial charge on any atom is -0.494 e. The Morgan fingerprint density at radius 3 is 2.58 bits per heavy atom. The summed E-state index contributed by atoms with van der Waals surface area (Å²) in [7, 11) is 1.45. The third-order valence-corrected chi connectivity index (χ3v) is 6.30. The molecule has 0 radical (unpaired) electrons. The molecule has 7 N–H and O–H groups in total. The Balaban J connectivity index is 1.68. The number of carbonyl (C=O) groups is 3. The molecule has 3 amide bonds. The maximum atomic E-state index is 12.6. The second-order valence-electron chi connectivity index (χ2n) is 8.40. The molecule has 0 aliphatic heterocycles. The largest absolute Gasteiger partial charge is 0.494 e. The molecule has 15 heteroatoms. The number of hydrogen-bond donors (Lipinski definition) is 7. The highest BCUT2D eigenvalue weighted by Gasteiger charge is 2.31. The Hall–Kier alpha value is -4.18. The van der Waals surface area contributed by atoms with Crippen molar-refractivity contribution in [2.75, 3.05) is 17.7 Å². The molecule has 1 aromatic carbocycles. The SMILES string of the molecule is COc1c(Nc2cc(NC(=O)C3CC3)nnc2C(=O)NC(O)(O)O)cccc1-c1ncc(CNC(C)=O)s1. The summed E-state index contributed by atoms with van der Waals surface area (Å²) in [5, 5.41) is 45.7. The van der Waals surface area contributed by atoms with Gasteiger partial charge in [0, 0.05) is 30.0 Å². The first-order valence-corrected chi connectivity index (χ1v) is 12.2. The van der Waals surface area contributed by atoms with Gasteiger partial charge in [0.25, 0.3) is 5.91 Å². The second kappa shape index (κ2) is 11.1. The highest BCUT2D eigenvalue weighted by Crippen LogP contribution is 2.40. The number of rotatable bonds is 10. The maximum Gasteiger partial charge on any atom is 0.369 e. The van der Waals surface area contributed by atoms with Crippen LogP contribution in [0.3, 0.4) is 0 Å². The minimum absolute atomic E-state index is 0.0220. The molecule has 200 valence electrons. The standard InChI is InChI=1S/C23H25N7O7S/c1-11(31)24-9-13-10-25-22(38-13)14-4-3-5-15(19(14)37-2)26-16-8-17(27-20(32)12-6-7-12)29-30-18(16)21(33)28-23(34,35)36/h3-5,8,10,12,34-36H,6-7,9H2,1-2H3,(H,24,31)(H,28,33)(H2,26,27,29,32). The number of nitrogens with zero attached hydrogens (tertiary/aromatic N) is 3. The number of thiazole rings is 1. The van der Waals surface area contributed by atoms with E-state index in [9.17, 15) is 29.7 Å². The van der Waals surface area contributed by atoms with E-state index in [4.69, 9.17) is 4.74 Å². The molecule has 1 aliphatic carbocycles. The van der Waals surface area contributed by atoms with Crippen LogP contribution in [0.1, 0.15) is 35.1 Å². The van der Waals surface area contributed by atoms with Crippen molar-refractivity contribution in [3.05, 3.63) is 41.0 Å². The van der Waals surface area contributed by atoms with Gasteiger partial charge in [-0.25, -0.2) is 4.98 Å². The van der Waals surface area contributed by atoms with Gasteiger partial charge in [-0.3, -0.25) is 19.7 Å². The molecule has 3 aromatic rings. The number of anilines is 3. The monoisotopic (exact) mass is 543 g/mol. The van der Waals surface area contributed by atoms with Crippen LogP contribution >= 0.6 is 11.3 Å². The molecule has 0 saturated heterocycles. The molecular formula is C23H25N7O7S. The van der Waals surface area contributed by atoms with E-state index in [1.807, 2.05) is 0 Å². The fourth-order valence-corrected chi connectivity index (χ4v) is 4.27. The van der Waals surface area contributed by atoms with E-state index in [1.165, 1.54) is 31.4 Å². The van der Waals surface area contributed by atoms with E-state index in [0.29, 0.717) is 28.6 Å². The van der Waals surface area contributed by atoms with E-state index in [2.05, 4.69) is 31.1 Å². The Morgan fingerprint density at radius 2 is 1.92 bits per heavy atom. The van der Waals surface area contributed by atoms with Crippen molar-refractivity contribution in [2.24, 2.45) is 5.92 Å². The normalized spacial score (nSPS) is 13.0. The summed E-state index contributed by atoms with van der Waals surface area (Å²) in [6.07, 6.45) is -0.315. The minimum atomic E-state index is -3.49. The number of amides is 3. The number of aliphatic hydroxyl groups is 3. The Bertz CT molecular complexity index is 1370. The molecule has 1 saturated carbocycles. The number of benzene rings is 1. The van der Waals surface area contributed by atoms with Crippen LogP contribution in [0.15, 0.2) is 30.5 Å². The second-order valence-corrected chi connectivity index (χ2v) is 9.51. The van der Waals surface area contributed by atoms with Gasteiger partial charge >= 0.3 is 6.10 Å². The molecule has 4 rings (SSSR count). The van der Waals surface area contributed by atoms with Crippen molar-refractivity contribution in [3.8, 4) is 16.3 Å². The van der Waals surface area contributed by atoms with Crippen LogP contribution in [0.25, 0.3) is 10.6 Å². The van der Waals surface area contributed by atoms with E-state index in [0.717, 1.165) is 17.7 Å². The first-order valence-electron chi connectivity index (χ1n) is 11.4. The van der Waals surface area contributed by atoms with Gasteiger partial charge < -0.3 is 36.0 Å². The van der Waals surface area contributed by atoms with Crippen molar-refractivity contribution in [2.45, 2.75) is 32.4 Å². The fourth-order valence-electron chi connectivity index (χ4n) is 3.40. The first-order chi connectivity index (χ1) is 18.0. The van der Waals surface area contributed by atoms with Crippen LogP contribution in [0.5, 0.6) is 5.75 Å². The zero-order chi connectivity index (χ0) is 27.4. The molecule has 0 atom stereocenters. The van der Waals surface area contributed by atoms with Crippen molar-refractivity contribution >= 4 is 46.3 Å². The maximum absolute atomic E-state index is 12.6. The van der Waals surface area contributed by atoms with Crippen molar-refractivity contribution in [1.29, 1.82) is 0 Å². The van der Waals surface area contributed by atoms with Crippen molar-refractivity contribution in [1.82, 2.24) is 25.8 Å². The van der Waals surface area contributed by atoms with E-state index >= 15 is 0 Å². The number of ether oxygens (including phenoxy) is 1. The predicted molar refractivity (Wildman–Crippen MR) is 135 cm³/mol. The lowest BCUT2D eigenvalue weighted by Crippen LogP contribution is -2.48. The Kier molecular flexibility index (Phi) is 7.82. The molecule has 0 spiro atoms. The lowest BCUT2D eigenvalue weighted by molar-refractivity contribution is -0.323. The smallest absolute Gasteiger partial charge is 0.369 e. The van der Waals surface area contributed by atoms with Gasteiger partial charge in [-0.05, 0) is 25.0 Å². The summed E-state index contributed by atoms with van der Waals surface area (Å²) in [5.41, 5.74) is 0.615. The Morgan fingerprint density at radius 1 is 1.16 bits per heavy atom. The average Bonchev–Trinajstić information content (AvgIpc) is 3.59. The van der Waals surface area contributed by atoms with Gasteiger partial charge in [-0.1, -0.05) is 6.07 Å². The van der Waals surface area contributed by atoms with Crippen LogP contribution in [0.4, 0.5) is 17.2 Å². The van der Waals surface area contributed by atoms with Crippen molar-refractivity contribution in [3.63, 3.8) is 0 Å². The van der Waals surface area contributed by atoms with Gasteiger partial charge in [-0.15, -0.1) is 21.5 Å². The summed E-state index contributed by atoms with van der Waals surface area (Å²) >= 11 is 1.35. The van der Waals surface area contributed by atoms with Crippen molar-refractivity contribution < 1.29 is 34.4 Å². The molecule has 1 fully saturated rings. The van der Waals surface area contributed by atoms with E-state index in [-0.39, 0.29) is 29.2 Å². The lowest BCUT2D eigenvalue weighted by atomic mass is 10.1. The average molecular weight is 544 g/mol. The van der Waals surface area contributed by atoms with Gasteiger partial charge in [0.2, 0.25) is 11.8 Å². The summed E-state index contributed by atoms with van der Waals surface area (Å²) in [5.74, 6) is -1.25. The summed E-state index contributed by atoms with van der Waals surface area (Å²) in [6.45, 7) is 1.75. The zero-order valence-corrected chi connectivity index (χ0v) is 21.1. The van der Waals surface area contributed by atoms with Crippen LogP contribution in [0.2, 0.25) is 0 Å². The quantitative estimate of drug-likeness (QED) is 0.177. The van der Waals surface area contributed by atoms with Crippen LogP contribution in [-0.2, 0) is 16.1 Å². The van der Waals surface area contributed by atoms with Gasteiger partial charge in [0.15, 0.2) is 17.3 Å². The van der Waals surface area contributed by atoms with Gasteiger partial charge in [0.1, 0.15) is 5.01 Å². The van der Waals surface area contributed by atoms with Crippen LogP contribution in [-0.4, -0.2) is 61.4 Å². The number of para-hydroxylation sites is 1. The number of carbonyl (C=O) groups excluding carboxylic acids is 3. The summed E-state index contributed by atoms with van der Waals surface area (Å²) < 4.78 is 5.63. The van der Waals surface area contributed by atoms with Crippen LogP contribution in [0, 0.1) is 5.92 Å². The molecule has 1 aliphatic rings. The molecule has 38 heavy (non-hydrogen) atoms. The predicted octanol–water partition coefficient (Wildman–Crippen LogP) is 0.655. The number of nitrogens with one attached hydrogen (secondary N) is 4. The first kappa shape index (κ1) is 26.9. The lowest BCUT2D eigenvalue weighted by Gasteiger charge is -2.18. The zero-order valence-electron chi connectivity index (χ0n) is 20.3. The highest BCUT2D eigenvalue weighted by atomic mass is 32.1. The van der Waals surface area contributed by atoms with Crippen LogP contribution < -0.4 is 26.0 Å². The van der Waals surface area contributed by atoms with Gasteiger partial charge in [-0.2, -0.15) is 0 Å². The number of hydrogen-bond acceptors (Lipinski definition) is 12. The molecule has 14 nitrogen and oxygen atoms in total. The van der Waals surface area contributed by atoms with E-state index in [1.54, 1.807) is 29.7 Å². The third kappa shape index (κ3) is 6.77. The molecule has 2 aromatic heterocycles. The molecule has 0 unspecified atom stereocenters. The highest BCUT2D eigenvalue weighted by molar-refractivity contribution is 7.15. The number of aromatic nitrogens is 3. The van der Waals surface area contributed by atoms with Gasteiger partial charge in [0.05, 0.1) is 30.6 Å². The topological polar surface area (TPSA) is 208 Å². The molecule has 2 heterocycles. The fraction of sp³-hybridized carbons (Fsp3) is 0.304. The molecular weight excluding hydrogens is 518 g/mol. The summed E-state index contributed by atoms with van der Waals surface area (Å²) in [4.78, 5) is 41.3.